The minimum absolute atomic E-state index is 0.176. The molecule has 0 N–H and O–H groups in total. The fraction of sp³-hybridized carbons (Fsp3) is 0.933. The second-order valence-electron chi connectivity index (χ2n) is 10.5. The first kappa shape index (κ1) is 31.0. The van der Waals surface area contributed by atoms with E-state index in [0.717, 1.165) is 51.4 Å². The standard InChI is InChI=1S/C30H56O4/c1-3-5-7-9-11-13-14-16-18-22-26-34-30(32)28-24-20-19-23-27(28)29(31)33-25-21-17-15-12-10-8-6-4-2/h27-28H,3-26H2,1-2H3. The highest BCUT2D eigenvalue weighted by Gasteiger charge is 2.37. The summed E-state index contributed by atoms with van der Waals surface area (Å²) in [5, 5.41) is 0. The van der Waals surface area contributed by atoms with Crippen molar-refractivity contribution in [3.8, 4) is 0 Å². The molecule has 34 heavy (non-hydrogen) atoms. The summed E-state index contributed by atoms with van der Waals surface area (Å²) in [4.78, 5) is 25.3. The van der Waals surface area contributed by atoms with Crippen LogP contribution < -0.4 is 0 Å². The molecule has 0 bridgehead atoms. The van der Waals surface area contributed by atoms with Gasteiger partial charge in [0.15, 0.2) is 0 Å². The third kappa shape index (κ3) is 15.8. The molecule has 4 heteroatoms. The van der Waals surface area contributed by atoms with Gasteiger partial charge >= 0.3 is 11.9 Å². The molecule has 4 nitrogen and oxygen atoms in total. The summed E-state index contributed by atoms with van der Waals surface area (Å²) in [5.74, 6) is -0.959. The quantitative estimate of drug-likeness (QED) is 0.115. The molecule has 2 unspecified atom stereocenters. The lowest BCUT2D eigenvalue weighted by molar-refractivity contribution is -0.163. The van der Waals surface area contributed by atoms with E-state index in [2.05, 4.69) is 13.8 Å². The molecule has 0 spiro atoms. The van der Waals surface area contributed by atoms with E-state index in [9.17, 15) is 9.59 Å². The minimum atomic E-state index is -0.303. The molecule has 200 valence electrons. The molecule has 1 aliphatic rings. The van der Waals surface area contributed by atoms with Crippen molar-refractivity contribution in [1.29, 1.82) is 0 Å². The first-order valence-corrected chi connectivity index (χ1v) is 15.0. The Hall–Kier alpha value is -1.06. The third-order valence-electron chi connectivity index (χ3n) is 7.36. The van der Waals surface area contributed by atoms with Crippen molar-refractivity contribution in [3.63, 3.8) is 0 Å². The molecule has 0 aromatic carbocycles. The summed E-state index contributed by atoms with van der Waals surface area (Å²) < 4.78 is 11.2. The monoisotopic (exact) mass is 480 g/mol. The van der Waals surface area contributed by atoms with Crippen molar-refractivity contribution in [1.82, 2.24) is 0 Å². The van der Waals surface area contributed by atoms with Crippen molar-refractivity contribution >= 4 is 11.9 Å². The lowest BCUT2D eigenvalue weighted by atomic mass is 9.79. The Bertz CT molecular complexity index is 490. The van der Waals surface area contributed by atoms with Gasteiger partial charge in [-0.05, 0) is 25.7 Å². The summed E-state index contributed by atoms with van der Waals surface area (Å²) >= 11 is 0. The van der Waals surface area contributed by atoms with Crippen LogP contribution in [0.5, 0.6) is 0 Å². The Balaban J connectivity index is 2.11. The molecule has 0 saturated heterocycles. The van der Waals surface area contributed by atoms with Gasteiger partial charge in [0.1, 0.15) is 0 Å². The van der Waals surface area contributed by atoms with Crippen LogP contribution in [0.2, 0.25) is 0 Å². The van der Waals surface area contributed by atoms with Gasteiger partial charge < -0.3 is 9.47 Å². The molecule has 1 fully saturated rings. The second kappa shape index (κ2) is 22.4. The van der Waals surface area contributed by atoms with Crippen LogP contribution in [0.4, 0.5) is 0 Å². The molecular formula is C30H56O4. The van der Waals surface area contributed by atoms with E-state index in [1.165, 1.54) is 89.9 Å². The van der Waals surface area contributed by atoms with E-state index < -0.39 is 0 Å². The maximum absolute atomic E-state index is 12.7. The Labute approximate surface area is 211 Å². The number of ether oxygens (including phenoxy) is 2. The second-order valence-corrected chi connectivity index (χ2v) is 10.5. The van der Waals surface area contributed by atoms with Gasteiger partial charge in [-0.15, -0.1) is 0 Å². The SMILES string of the molecule is CCCCCCCCCCCCOC(=O)C1CCCCC1C(=O)OCCCCCCCCCC. The maximum Gasteiger partial charge on any atom is 0.309 e. The highest BCUT2D eigenvalue weighted by atomic mass is 16.5. The van der Waals surface area contributed by atoms with Gasteiger partial charge in [-0.25, -0.2) is 0 Å². The van der Waals surface area contributed by atoms with Crippen LogP contribution in [-0.4, -0.2) is 25.2 Å². The summed E-state index contributed by atoms with van der Waals surface area (Å²) in [6.45, 7) is 5.48. The van der Waals surface area contributed by atoms with Gasteiger partial charge in [-0.2, -0.15) is 0 Å². The fourth-order valence-electron chi connectivity index (χ4n) is 5.08. The van der Waals surface area contributed by atoms with Crippen LogP contribution in [0, 0.1) is 11.8 Å². The number of esters is 2. The van der Waals surface area contributed by atoms with Crippen LogP contribution in [0.1, 0.15) is 155 Å². The van der Waals surface area contributed by atoms with Crippen molar-refractivity contribution in [2.45, 2.75) is 155 Å². The lowest BCUT2D eigenvalue weighted by Crippen LogP contribution is -2.35. The molecule has 0 aliphatic heterocycles. The number of rotatable bonds is 22. The predicted octanol–water partition coefficient (Wildman–Crippen LogP) is 8.94. The van der Waals surface area contributed by atoms with E-state index >= 15 is 0 Å². The van der Waals surface area contributed by atoms with Crippen molar-refractivity contribution in [3.05, 3.63) is 0 Å². The minimum Gasteiger partial charge on any atom is -0.465 e. The number of carbonyl (C=O) groups excluding carboxylic acids is 2. The maximum atomic E-state index is 12.7. The molecule has 0 radical (unpaired) electrons. The van der Waals surface area contributed by atoms with E-state index in [-0.39, 0.29) is 23.8 Å². The lowest BCUT2D eigenvalue weighted by Gasteiger charge is -2.28. The molecule has 1 aliphatic carbocycles. The Morgan fingerprint density at radius 2 is 0.794 bits per heavy atom. The van der Waals surface area contributed by atoms with Crippen LogP contribution in [-0.2, 0) is 19.1 Å². The topological polar surface area (TPSA) is 52.6 Å². The highest BCUT2D eigenvalue weighted by molar-refractivity contribution is 5.82. The van der Waals surface area contributed by atoms with Gasteiger partial charge in [0, 0.05) is 0 Å². The summed E-state index contributed by atoms with van der Waals surface area (Å²) in [6.07, 6.45) is 26.0. The molecule has 0 heterocycles. The number of hydrogen-bond donors (Lipinski definition) is 0. The predicted molar refractivity (Wildman–Crippen MR) is 142 cm³/mol. The zero-order valence-electron chi connectivity index (χ0n) is 22.8. The van der Waals surface area contributed by atoms with Crippen LogP contribution in [0.3, 0.4) is 0 Å². The summed E-state index contributed by atoms with van der Waals surface area (Å²) in [6, 6.07) is 0. The normalized spacial score (nSPS) is 18.1. The van der Waals surface area contributed by atoms with Gasteiger partial charge in [0.25, 0.3) is 0 Å². The molecule has 1 rings (SSSR count). The zero-order valence-corrected chi connectivity index (χ0v) is 22.8. The van der Waals surface area contributed by atoms with Crippen LogP contribution in [0.15, 0.2) is 0 Å². The van der Waals surface area contributed by atoms with E-state index in [4.69, 9.17) is 9.47 Å². The van der Waals surface area contributed by atoms with Crippen molar-refractivity contribution in [2.24, 2.45) is 11.8 Å². The molecule has 0 aromatic heterocycles. The molecular weight excluding hydrogens is 424 g/mol. The van der Waals surface area contributed by atoms with E-state index in [1.54, 1.807) is 0 Å². The third-order valence-corrected chi connectivity index (χ3v) is 7.36. The first-order valence-electron chi connectivity index (χ1n) is 15.0. The average Bonchev–Trinajstić information content (AvgIpc) is 2.86. The van der Waals surface area contributed by atoms with Crippen LogP contribution in [0.25, 0.3) is 0 Å². The first-order chi connectivity index (χ1) is 16.7. The largest absolute Gasteiger partial charge is 0.465 e. The molecule has 2 atom stereocenters. The smallest absolute Gasteiger partial charge is 0.309 e. The summed E-state index contributed by atoms with van der Waals surface area (Å²) in [7, 11) is 0. The molecule has 1 saturated carbocycles. The van der Waals surface area contributed by atoms with E-state index in [1.807, 2.05) is 0 Å². The Morgan fingerprint density at radius 3 is 1.12 bits per heavy atom. The van der Waals surface area contributed by atoms with Gasteiger partial charge in [0.05, 0.1) is 25.0 Å². The van der Waals surface area contributed by atoms with Gasteiger partial charge in [0.2, 0.25) is 0 Å². The van der Waals surface area contributed by atoms with E-state index in [0.29, 0.717) is 13.2 Å². The van der Waals surface area contributed by atoms with Crippen LogP contribution >= 0.6 is 0 Å². The van der Waals surface area contributed by atoms with Crippen molar-refractivity contribution < 1.29 is 19.1 Å². The number of hydrogen-bond acceptors (Lipinski definition) is 4. The zero-order chi connectivity index (χ0) is 24.7. The number of carbonyl (C=O) groups is 2. The van der Waals surface area contributed by atoms with Crippen molar-refractivity contribution in [2.75, 3.05) is 13.2 Å². The Kier molecular flexibility index (Phi) is 20.4. The Morgan fingerprint density at radius 1 is 0.500 bits per heavy atom. The highest BCUT2D eigenvalue weighted by Crippen LogP contribution is 2.32. The summed E-state index contributed by atoms with van der Waals surface area (Å²) in [5.41, 5.74) is 0. The number of unbranched alkanes of at least 4 members (excludes halogenated alkanes) is 16. The molecule has 0 amide bonds. The average molecular weight is 481 g/mol. The fourth-order valence-corrected chi connectivity index (χ4v) is 5.08. The van der Waals surface area contributed by atoms with Gasteiger partial charge in [-0.3, -0.25) is 9.59 Å². The van der Waals surface area contributed by atoms with Gasteiger partial charge in [-0.1, -0.05) is 129 Å². The molecule has 0 aromatic rings.